The lowest BCUT2D eigenvalue weighted by molar-refractivity contribution is 0.118. The van der Waals surface area contributed by atoms with Crippen LogP contribution in [0.25, 0.3) is 0 Å². The van der Waals surface area contributed by atoms with E-state index in [2.05, 4.69) is 11.8 Å². The highest BCUT2D eigenvalue weighted by Crippen LogP contribution is 2.08. The summed E-state index contributed by atoms with van der Waals surface area (Å²) in [6.45, 7) is 4.56. The van der Waals surface area contributed by atoms with Gasteiger partial charge < -0.3 is 5.73 Å². The van der Waals surface area contributed by atoms with Crippen LogP contribution in [0.15, 0.2) is 0 Å². The molecule has 1 heterocycles. The summed E-state index contributed by atoms with van der Waals surface area (Å²) in [6, 6.07) is 0. The molecule has 2 nitrogen and oxygen atoms in total. The molecular formula is C6H14N2. The molecule has 0 aromatic carbocycles. The summed E-state index contributed by atoms with van der Waals surface area (Å²) in [5.41, 5.74) is 5.70. The van der Waals surface area contributed by atoms with Crippen molar-refractivity contribution in [2.75, 3.05) is 13.1 Å². The third kappa shape index (κ3) is 1.01. The predicted molar refractivity (Wildman–Crippen MR) is 34.5 cm³/mol. The van der Waals surface area contributed by atoms with Crippen LogP contribution in [0.1, 0.15) is 19.8 Å². The van der Waals surface area contributed by atoms with E-state index in [-0.39, 0.29) is 0 Å². The smallest absolute Gasteiger partial charge is 0.0569 e. The van der Waals surface area contributed by atoms with E-state index in [1.807, 2.05) is 0 Å². The van der Waals surface area contributed by atoms with Crippen LogP contribution in [-0.4, -0.2) is 24.2 Å². The number of nitrogens with two attached hydrogens (primary N) is 1. The van der Waals surface area contributed by atoms with Gasteiger partial charge in [0.05, 0.1) is 6.17 Å². The van der Waals surface area contributed by atoms with E-state index >= 15 is 0 Å². The summed E-state index contributed by atoms with van der Waals surface area (Å²) in [5.74, 6) is 0. The maximum atomic E-state index is 5.70. The Labute approximate surface area is 50.7 Å². The first-order chi connectivity index (χ1) is 3.84. The van der Waals surface area contributed by atoms with Gasteiger partial charge in [0.25, 0.3) is 0 Å². The van der Waals surface area contributed by atoms with E-state index in [4.69, 9.17) is 5.73 Å². The molecule has 1 rings (SSSR count). The molecule has 0 spiro atoms. The average Bonchev–Trinajstić information content (AvgIpc) is 1.62. The monoisotopic (exact) mass is 114 g/mol. The maximum Gasteiger partial charge on any atom is 0.0569 e. The van der Waals surface area contributed by atoms with Gasteiger partial charge in [-0.3, -0.25) is 4.90 Å². The van der Waals surface area contributed by atoms with Gasteiger partial charge >= 0.3 is 0 Å². The first-order valence-corrected chi connectivity index (χ1v) is 3.34. The SMILES string of the molecule is CCC(N)N1CCC1. The fourth-order valence-corrected chi connectivity index (χ4v) is 0.931. The normalized spacial score (nSPS) is 24.8. The van der Waals surface area contributed by atoms with Crippen LogP contribution < -0.4 is 5.73 Å². The zero-order chi connectivity index (χ0) is 5.98. The third-order valence-electron chi connectivity index (χ3n) is 1.78. The molecule has 48 valence electrons. The number of rotatable bonds is 2. The van der Waals surface area contributed by atoms with Crippen molar-refractivity contribution in [3.8, 4) is 0 Å². The molecule has 1 unspecified atom stereocenters. The van der Waals surface area contributed by atoms with Crippen molar-refractivity contribution in [1.29, 1.82) is 0 Å². The predicted octanol–water partition coefficient (Wildman–Crippen LogP) is 0.387. The fraction of sp³-hybridized carbons (Fsp3) is 1.00. The van der Waals surface area contributed by atoms with E-state index in [0.717, 1.165) is 6.42 Å². The van der Waals surface area contributed by atoms with Crippen LogP contribution in [0.4, 0.5) is 0 Å². The molecule has 1 saturated heterocycles. The van der Waals surface area contributed by atoms with E-state index in [9.17, 15) is 0 Å². The zero-order valence-electron chi connectivity index (χ0n) is 5.43. The second-order valence-corrected chi connectivity index (χ2v) is 2.37. The van der Waals surface area contributed by atoms with Crippen molar-refractivity contribution in [3.63, 3.8) is 0 Å². The van der Waals surface area contributed by atoms with Gasteiger partial charge in [0.15, 0.2) is 0 Å². The number of hydrogen-bond donors (Lipinski definition) is 1. The minimum atomic E-state index is 0.337. The summed E-state index contributed by atoms with van der Waals surface area (Å²) in [6.07, 6.45) is 2.76. The summed E-state index contributed by atoms with van der Waals surface area (Å²) < 4.78 is 0. The van der Waals surface area contributed by atoms with Crippen molar-refractivity contribution in [2.24, 2.45) is 5.73 Å². The summed E-state index contributed by atoms with van der Waals surface area (Å²) >= 11 is 0. The van der Waals surface area contributed by atoms with E-state index in [1.54, 1.807) is 0 Å². The molecule has 1 aliphatic heterocycles. The van der Waals surface area contributed by atoms with Crippen molar-refractivity contribution in [2.45, 2.75) is 25.9 Å². The van der Waals surface area contributed by atoms with E-state index in [1.165, 1.54) is 19.5 Å². The highest BCUT2D eigenvalue weighted by molar-refractivity contribution is 4.72. The number of nitrogens with zero attached hydrogens (tertiary/aromatic N) is 1. The molecule has 1 fully saturated rings. The summed E-state index contributed by atoms with van der Waals surface area (Å²) in [4.78, 5) is 2.31. The topological polar surface area (TPSA) is 29.3 Å². The van der Waals surface area contributed by atoms with Gasteiger partial charge in [-0.05, 0) is 12.8 Å². The number of hydrogen-bond acceptors (Lipinski definition) is 2. The molecule has 1 atom stereocenters. The Kier molecular flexibility index (Phi) is 1.86. The first kappa shape index (κ1) is 6.05. The molecular weight excluding hydrogens is 100 g/mol. The second kappa shape index (κ2) is 2.46. The highest BCUT2D eigenvalue weighted by Gasteiger charge is 2.18. The Morgan fingerprint density at radius 2 is 2.25 bits per heavy atom. The fourth-order valence-electron chi connectivity index (χ4n) is 0.931. The number of likely N-dealkylation sites (tertiary alicyclic amines) is 1. The lowest BCUT2D eigenvalue weighted by Gasteiger charge is -2.35. The summed E-state index contributed by atoms with van der Waals surface area (Å²) in [7, 11) is 0. The van der Waals surface area contributed by atoms with Crippen LogP contribution >= 0.6 is 0 Å². The van der Waals surface area contributed by atoms with Gasteiger partial charge in [-0.1, -0.05) is 6.92 Å². The van der Waals surface area contributed by atoms with Crippen molar-refractivity contribution >= 4 is 0 Å². The Morgan fingerprint density at radius 1 is 1.62 bits per heavy atom. The lowest BCUT2D eigenvalue weighted by atomic mass is 10.2. The van der Waals surface area contributed by atoms with E-state index in [0.29, 0.717) is 6.17 Å². The van der Waals surface area contributed by atoms with Gasteiger partial charge in [0.2, 0.25) is 0 Å². The van der Waals surface area contributed by atoms with Crippen LogP contribution in [0.2, 0.25) is 0 Å². The second-order valence-electron chi connectivity index (χ2n) is 2.37. The molecule has 0 radical (unpaired) electrons. The van der Waals surface area contributed by atoms with Crippen LogP contribution in [0.5, 0.6) is 0 Å². The molecule has 0 bridgehead atoms. The zero-order valence-corrected chi connectivity index (χ0v) is 5.43. The largest absolute Gasteiger partial charge is 0.316 e. The lowest BCUT2D eigenvalue weighted by Crippen LogP contribution is -2.49. The van der Waals surface area contributed by atoms with Crippen LogP contribution in [-0.2, 0) is 0 Å². The Balaban J connectivity index is 2.13. The van der Waals surface area contributed by atoms with Crippen molar-refractivity contribution < 1.29 is 0 Å². The third-order valence-corrected chi connectivity index (χ3v) is 1.78. The molecule has 8 heavy (non-hydrogen) atoms. The minimum absolute atomic E-state index is 0.337. The molecule has 0 amide bonds. The molecule has 0 aromatic heterocycles. The molecule has 0 saturated carbocycles. The first-order valence-electron chi connectivity index (χ1n) is 3.34. The molecule has 0 aromatic rings. The van der Waals surface area contributed by atoms with Gasteiger partial charge in [-0.2, -0.15) is 0 Å². The minimum Gasteiger partial charge on any atom is -0.316 e. The highest BCUT2D eigenvalue weighted by atomic mass is 15.3. The van der Waals surface area contributed by atoms with E-state index < -0.39 is 0 Å². The maximum absolute atomic E-state index is 5.70. The standard InChI is InChI=1S/C6H14N2/c1-2-6(7)8-4-3-5-8/h6H,2-5,7H2,1H3. The Morgan fingerprint density at radius 3 is 2.38 bits per heavy atom. The Bertz CT molecular complexity index is 66.2. The molecule has 0 aliphatic carbocycles. The molecule has 2 heteroatoms. The summed E-state index contributed by atoms with van der Waals surface area (Å²) in [5, 5.41) is 0. The van der Waals surface area contributed by atoms with Crippen LogP contribution in [0, 0.1) is 0 Å². The van der Waals surface area contributed by atoms with Crippen molar-refractivity contribution in [3.05, 3.63) is 0 Å². The average molecular weight is 114 g/mol. The van der Waals surface area contributed by atoms with Gasteiger partial charge in [-0.15, -0.1) is 0 Å². The van der Waals surface area contributed by atoms with Crippen LogP contribution in [0.3, 0.4) is 0 Å². The molecule has 1 aliphatic rings. The van der Waals surface area contributed by atoms with Gasteiger partial charge in [0, 0.05) is 13.1 Å². The Hall–Kier alpha value is -0.0800. The quantitative estimate of drug-likeness (QED) is 0.562. The van der Waals surface area contributed by atoms with Gasteiger partial charge in [0.1, 0.15) is 0 Å². The molecule has 2 N–H and O–H groups in total. The van der Waals surface area contributed by atoms with Gasteiger partial charge in [-0.25, -0.2) is 0 Å². The van der Waals surface area contributed by atoms with Crippen molar-refractivity contribution in [1.82, 2.24) is 4.90 Å².